The van der Waals surface area contributed by atoms with E-state index in [1.165, 1.54) is 0 Å². The van der Waals surface area contributed by atoms with Crippen LogP contribution in [0.5, 0.6) is 0 Å². The van der Waals surface area contributed by atoms with E-state index < -0.39 is 0 Å². The molecular formula is C7H15O2. The van der Waals surface area contributed by atoms with Crippen LogP contribution in [0.1, 0.15) is 20.8 Å². The number of ether oxygens (including phenoxy) is 2. The first-order valence-corrected chi connectivity index (χ1v) is 3.34. The smallest absolute Gasteiger partial charge is 0.119 e. The van der Waals surface area contributed by atoms with Gasteiger partial charge in [0.1, 0.15) is 6.10 Å². The summed E-state index contributed by atoms with van der Waals surface area (Å²) in [6.07, 6.45) is 0.958. The Labute approximate surface area is 57.2 Å². The van der Waals surface area contributed by atoms with Crippen LogP contribution < -0.4 is 0 Å². The van der Waals surface area contributed by atoms with E-state index in [2.05, 4.69) is 0 Å². The maximum absolute atomic E-state index is 5.14. The van der Waals surface area contributed by atoms with Gasteiger partial charge in [-0.1, -0.05) is 0 Å². The summed E-state index contributed by atoms with van der Waals surface area (Å²) in [5, 5.41) is 0. The molecule has 0 aliphatic heterocycles. The van der Waals surface area contributed by atoms with Crippen molar-refractivity contribution in [2.75, 3.05) is 19.8 Å². The van der Waals surface area contributed by atoms with Gasteiger partial charge in [-0.25, -0.2) is 0 Å². The van der Waals surface area contributed by atoms with E-state index in [0.717, 1.165) is 19.3 Å². The van der Waals surface area contributed by atoms with Gasteiger partial charge in [0.2, 0.25) is 0 Å². The number of hydrogen-bond donors (Lipinski definition) is 0. The summed E-state index contributed by atoms with van der Waals surface area (Å²) < 4.78 is 10.2. The molecule has 0 aromatic carbocycles. The molecule has 2 nitrogen and oxygen atoms in total. The standard InChI is InChI=1S/C7H15O2/c1-4-8-6-7(3)9-5-2/h4-6H2,1-3H3. The highest BCUT2D eigenvalue weighted by Gasteiger charge is 1.99. The zero-order chi connectivity index (χ0) is 7.11. The lowest BCUT2D eigenvalue weighted by Gasteiger charge is -2.08. The Kier molecular flexibility index (Phi) is 5.99. The van der Waals surface area contributed by atoms with Crippen molar-refractivity contribution < 1.29 is 9.47 Å². The van der Waals surface area contributed by atoms with Crippen LogP contribution in [0.25, 0.3) is 0 Å². The van der Waals surface area contributed by atoms with E-state index >= 15 is 0 Å². The topological polar surface area (TPSA) is 18.5 Å². The summed E-state index contributed by atoms with van der Waals surface area (Å²) >= 11 is 0. The highest BCUT2D eigenvalue weighted by Crippen LogP contribution is 1.99. The molecule has 55 valence electrons. The molecule has 2 heteroatoms. The second-order valence-corrected chi connectivity index (χ2v) is 1.77. The summed E-state index contributed by atoms with van der Waals surface area (Å²) in [5.74, 6) is 0. The van der Waals surface area contributed by atoms with Crippen LogP contribution >= 0.6 is 0 Å². The molecule has 0 heterocycles. The average molecular weight is 131 g/mol. The highest BCUT2D eigenvalue weighted by atomic mass is 16.5. The van der Waals surface area contributed by atoms with Crippen LogP contribution in [0.15, 0.2) is 0 Å². The van der Waals surface area contributed by atoms with Gasteiger partial charge in [0.25, 0.3) is 0 Å². The molecule has 0 aliphatic rings. The van der Waals surface area contributed by atoms with Gasteiger partial charge in [0, 0.05) is 13.2 Å². The van der Waals surface area contributed by atoms with Gasteiger partial charge in [-0.2, -0.15) is 0 Å². The second kappa shape index (κ2) is 6.05. The van der Waals surface area contributed by atoms with Crippen molar-refractivity contribution in [3.63, 3.8) is 0 Å². The third-order valence-corrected chi connectivity index (χ3v) is 0.900. The molecule has 9 heavy (non-hydrogen) atoms. The Morgan fingerprint density at radius 2 is 1.89 bits per heavy atom. The molecular weight excluding hydrogens is 116 g/mol. The first-order chi connectivity index (χ1) is 4.31. The monoisotopic (exact) mass is 131 g/mol. The first kappa shape index (κ1) is 8.92. The average Bonchev–Trinajstić information content (AvgIpc) is 1.85. The minimum atomic E-state index is 0.629. The summed E-state index contributed by atoms with van der Waals surface area (Å²) in [4.78, 5) is 0. The zero-order valence-electron chi connectivity index (χ0n) is 6.44. The molecule has 0 rings (SSSR count). The van der Waals surface area contributed by atoms with Crippen molar-refractivity contribution in [2.24, 2.45) is 0 Å². The fourth-order valence-electron chi connectivity index (χ4n) is 0.534. The zero-order valence-corrected chi connectivity index (χ0v) is 6.44. The lowest BCUT2D eigenvalue weighted by atomic mass is 10.4. The van der Waals surface area contributed by atoms with E-state index in [-0.39, 0.29) is 0 Å². The normalized spacial score (nSPS) is 10.7. The van der Waals surface area contributed by atoms with Crippen LogP contribution in [-0.4, -0.2) is 19.8 Å². The fraction of sp³-hybridized carbons (Fsp3) is 0.857. The lowest BCUT2D eigenvalue weighted by Crippen LogP contribution is -2.07. The van der Waals surface area contributed by atoms with Gasteiger partial charge in [0.15, 0.2) is 0 Å². The molecule has 0 aromatic rings. The van der Waals surface area contributed by atoms with Gasteiger partial charge < -0.3 is 9.47 Å². The Hall–Kier alpha value is -0.0800. The van der Waals surface area contributed by atoms with E-state index in [1.54, 1.807) is 0 Å². The predicted molar refractivity (Wildman–Crippen MR) is 37.0 cm³/mol. The molecule has 0 saturated carbocycles. The highest BCUT2D eigenvalue weighted by molar-refractivity contribution is 4.68. The lowest BCUT2D eigenvalue weighted by molar-refractivity contribution is 0.0669. The summed E-state index contributed by atoms with van der Waals surface area (Å²) in [7, 11) is 0. The molecule has 0 fully saturated rings. The van der Waals surface area contributed by atoms with Crippen molar-refractivity contribution in [2.45, 2.75) is 20.8 Å². The minimum absolute atomic E-state index is 0.629. The summed E-state index contributed by atoms with van der Waals surface area (Å²) in [5.41, 5.74) is 0. The van der Waals surface area contributed by atoms with Gasteiger partial charge >= 0.3 is 0 Å². The van der Waals surface area contributed by atoms with Crippen molar-refractivity contribution in [3.8, 4) is 0 Å². The van der Waals surface area contributed by atoms with Crippen molar-refractivity contribution in [3.05, 3.63) is 6.10 Å². The van der Waals surface area contributed by atoms with E-state index in [1.807, 2.05) is 20.8 Å². The second-order valence-electron chi connectivity index (χ2n) is 1.77. The van der Waals surface area contributed by atoms with Gasteiger partial charge in [-0.15, -0.1) is 0 Å². The fourth-order valence-corrected chi connectivity index (χ4v) is 0.534. The Morgan fingerprint density at radius 3 is 2.33 bits per heavy atom. The third-order valence-electron chi connectivity index (χ3n) is 0.900. The van der Waals surface area contributed by atoms with Gasteiger partial charge in [-0.3, -0.25) is 0 Å². The van der Waals surface area contributed by atoms with Crippen LogP contribution in [0.4, 0.5) is 0 Å². The van der Waals surface area contributed by atoms with Crippen molar-refractivity contribution >= 4 is 0 Å². The van der Waals surface area contributed by atoms with Crippen LogP contribution in [0, 0.1) is 6.10 Å². The Bertz CT molecular complexity index is 54.9. The maximum Gasteiger partial charge on any atom is 0.119 e. The van der Waals surface area contributed by atoms with E-state index in [0.29, 0.717) is 6.61 Å². The molecule has 0 bridgehead atoms. The molecule has 0 amide bonds. The number of rotatable bonds is 5. The minimum Gasteiger partial charge on any atom is -0.379 e. The molecule has 0 atom stereocenters. The van der Waals surface area contributed by atoms with Gasteiger partial charge in [-0.05, 0) is 20.8 Å². The van der Waals surface area contributed by atoms with Crippen LogP contribution in [0.2, 0.25) is 0 Å². The number of hydrogen-bond acceptors (Lipinski definition) is 2. The van der Waals surface area contributed by atoms with Crippen LogP contribution in [-0.2, 0) is 9.47 Å². The molecule has 0 saturated heterocycles. The van der Waals surface area contributed by atoms with E-state index in [9.17, 15) is 0 Å². The molecule has 0 spiro atoms. The van der Waals surface area contributed by atoms with Crippen molar-refractivity contribution in [1.29, 1.82) is 0 Å². The first-order valence-electron chi connectivity index (χ1n) is 3.34. The predicted octanol–water partition coefficient (Wildman–Crippen LogP) is 1.61. The van der Waals surface area contributed by atoms with Gasteiger partial charge in [0.05, 0.1) is 6.61 Å². The largest absolute Gasteiger partial charge is 0.379 e. The quantitative estimate of drug-likeness (QED) is 0.564. The molecule has 1 radical (unpaired) electrons. The summed E-state index contributed by atoms with van der Waals surface area (Å²) in [6.45, 7) is 7.99. The van der Waals surface area contributed by atoms with E-state index in [4.69, 9.17) is 9.47 Å². The summed E-state index contributed by atoms with van der Waals surface area (Å²) in [6, 6.07) is 0. The third kappa shape index (κ3) is 5.80. The molecule has 0 unspecified atom stereocenters. The van der Waals surface area contributed by atoms with Crippen LogP contribution in [0.3, 0.4) is 0 Å². The Morgan fingerprint density at radius 1 is 1.22 bits per heavy atom. The Balaban J connectivity index is 2.95. The van der Waals surface area contributed by atoms with Crippen molar-refractivity contribution in [1.82, 2.24) is 0 Å². The molecule has 0 aromatic heterocycles. The molecule has 0 aliphatic carbocycles. The molecule has 0 N–H and O–H groups in total. The SMILES string of the molecule is CCOC[C](C)OCC. The maximum atomic E-state index is 5.14.